The van der Waals surface area contributed by atoms with Gasteiger partial charge in [-0.05, 0) is 30.4 Å². The van der Waals surface area contributed by atoms with Crippen LogP contribution in [0.3, 0.4) is 0 Å². The van der Waals surface area contributed by atoms with Crippen molar-refractivity contribution < 1.29 is 4.79 Å². The molecule has 3 heteroatoms. The highest BCUT2D eigenvalue weighted by Crippen LogP contribution is 2.29. The van der Waals surface area contributed by atoms with Gasteiger partial charge in [-0.1, -0.05) is 32.0 Å². The second kappa shape index (κ2) is 5.90. The summed E-state index contributed by atoms with van der Waals surface area (Å²) in [5, 5.41) is 2.87. The number of nitrogens with one attached hydrogen (secondary N) is 1. The minimum atomic E-state index is -0.152. The highest BCUT2D eigenvalue weighted by Gasteiger charge is 2.12. The molecule has 1 amide bonds. The number of hydrogen-bond acceptors (Lipinski definition) is 1. The van der Waals surface area contributed by atoms with Crippen molar-refractivity contribution in [1.29, 1.82) is 0 Å². The van der Waals surface area contributed by atoms with Gasteiger partial charge in [0, 0.05) is 5.69 Å². The van der Waals surface area contributed by atoms with Crippen LogP contribution in [0.15, 0.2) is 18.2 Å². The van der Waals surface area contributed by atoms with Crippen molar-refractivity contribution >= 4 is 23.2 Å². The summed E-state index contributed by atoms with van der Waals surface area (Å²) in [6.07, 6.45) is 1.05. The molecule has 16 heavy (non-hydrogen) atoms. The van der Waals surface area contributed by atoms with E-state index in [1.54, 1.807) is 0 Å². The van der Waals surface area contributed by atoms with E-state index in [0.717, 1.165) is 17.7 Å². The topological polar surface area (TPSA) is 29.1 Å². The van der Waals surface area contributed by atoms with Crippen molar-refractivity contribution in [2.24, 2.45) is 0 Å². The van der Waals surface area contributed by atoms with Crippen LogP contribution in [-0.2, 0) is 4.79 Å². The van der Waals surface area contributed by atoms with Crippen LogP contribution < -0.4 is 5.32 Å². The van der Waals surface area contributed by atoms with Gasteiger partial charge in [-0.3, -0.25) is 4.79 Å². The number of hydrogen-bond donors (Lipinski definition) is 1. The van der Waals surface area contributed by atoms with E-state index in [2.05, 4.69) is 25.2 Å². The average Bonchev–Trinajstić information content (AvgIpc) is 2.30. The summed E-state index contributed by atoms with van der Waals surface area (Å²) in [7, 11) is 0. The molecule has 0 radical (unpaired) electrons. The van der Waals surface area contributed by atoms with E-state index in [4.69, 9.17) is 11.6 Å². The van der Waals surface area contributed by atoms with E-state index >= 15 is 0 Å². The van der Waals surface area contributed by atoms with Crippen LogP contribution in [0.1, 0.15) is 37.3 Å². The number of carbonyl (C=O) groups is 1. The Balaban J connectivity index is 3.08. The summed E-state index contributed by atoms with van der Waals surface area (Å²) in [5.41, 5.74) is 3.18. The van der Waals surface area contributed by atoms with Crippen LogP contribution in [0, 0.1) is 6.92 Å². The molecule has 0 bridgehead atoms. The number of rotatable bonds is 4. The first-order valence-electron chi connectivity index (χ1n) is 5.55. The first kappa shape index (κ1) is 13.0. The lowest BCUT2D eigenvalue weighted by Gasteiger charge is -2.17. The fourth-order valence-corrected chi connectivity index (χ4v) is 1.73. The molecule has 0 saturated heterocycles. The normalized spacial score (nSPS) is 12.2. The largest absolute Gasteiger partial charge is 0.325 e. The van der Waals surface area contributed by atoms with Gasteiger partial charge in [0.05, 0.1) is 0 Å². The molecule has 0 saturated carbocycles. The van der Waals surface area contributed by atoms with Crippen molar-refractivity contribution in [2.75, 3.05) is 11.2 Å². The second-order valence-electron chi connectivity index (χ2n) is 4.03. The zero-order valence-electron chi connectivity index (χ0n) is 10.0. The first-order valence-corrected chi connectivity index (χ1v) is 6.08. The highest BCUT2D eigenvalue weighted by molar-refractivity contribution is 6.29. The van der Waals surface area contributed by atoms with E-state index in [1.807, 2.05) is 19.1 Å². The molecule has 1 aromatic carbocycles. The Kier molecular flexibility index (Phi) is 4.81. The Morgan fingerprint density at radius 1 is 1.50 bits per heavy atom. The molecule has 1 N–H and O–H groups in total. The Hall–Kier alpha value is -1.02. The molecule has 2 nitrogen and oxygen atoms in total. The predicted molar refractivity (Wildman–Crippen MR) is 69.2 cm³/mol. The molecule has 1 aromatic rings. The van der Waals surface area contributed by atoms with Crippen molar-refractivity contribution in [3.05, 3.63) is 29.3 Å². The van der Waals surface area contributed by atoms with Crippen LogP contribution in [0.2, 0.25) is 0 Å². The van der Waals surface area contributed by atoms with E-state index in [-0.39, 0.29) is 11.8 Å². The van der Waals surface area contributed by atoms with Gasteiger partial charge in [0.2, 0.25) is 5.91 Å². The standard InChI is InChI=1S/C13H18ClNO/c1-4-9(2)11-7-5-6-10(3)13(11)15-12(16)8-14/h5-7,9H,4,8H2,1-3H3,(H,15,16). The van der Waals surface area contributed by atoms with E-state index in [1.165, 1.54) is 5.56 Å². The molecule has 1 unspecified atom stereocenters. The molecule has 0 aliphatic rings. The molecular formula is C13H18ClNO. The van der Waals surface area contributed by atoms with Crippen LogP contribution in [0.4, 0.5) is 5.69 Å². The molecule has 0 aliphatic carbocycles. The lowest BCUT2D eigenvalue weighted by Crippen LogP contribution is -2.15. The molecule has 0 aliphatic heterocycles. The van der Waals surface area contributed by atoms with Crippen molar-refractivity contribution in [3.8, 4) is 0 Å². The number of alkyl halides is 1. The third kappa shape index (κ3) is 2.99. The van der Waals surface area contributed by atoms with E-state index in [0.29, 0.717) is 5.92 Å². The molecule has 0 spiro atoms. The second-order valence-corrected chi connectivity index (χ2v) is 4.30. The van der Waals surface area contributed by atoms with Gasteiger partial charge >= 0.3 is 0 Å². The quantitative estimate of drug-likeness (QED) is 0.798. The van der Waals surface area contributed by atoms with Gasteiger partial charge in [-0.25, -0.2) is 0 Å². The molecule has 1 atom stereocenters. The van der Waals surface area contributed by atoms with Crippen LogP contribution >= 0.6 is 11.6 Å². The number of carbonyl (C=O) groups excluding carboxylic acids is 1. The molecule has 0 fully saturated rings. The smallest absolute Gasteiger partial charge is 0.239 e. The molecule has 1 rings (SSSR count). The fourth-order valence-electron chi connectivity index (χ4n) is 1.66. The number of halogens is 1. The monoisotopic (exact) mass is 239 g/mol. The Bertz CT molecular complexity index is 376. The zero-order valence-corrected chi connectivity index (χ0v) is 10.8. The van der Waals surface area contributed by atoms with Crippen LogP contribution in [0.5, 0.6) is 0 Å². The summed E-state index contributed by atoms with van der Waals surface area (Å²) in [6, 6.07) is 6.08. The lowest BCUT2D eigenvalue weighted by molar-refractivity contribution is -0.113. The Labute approximate surface area is 102 Å². The minimum absolute atomic E-state index is 0.00567. The molecule has 0 aromatic heterocycles. The maximum absolute atomic E-state index is 11.4. The molecular weight excluding hydrogens is 222 g/mol. The number of amides is 1. The number of para-hydroxylation sites is 1. The van der Waals surface area contributed by atoms with Crippen molar-refractivity contribution in [3.63, 3.8) is 0 Å². The summed E-state index contributed by atoms with van der Waals surface area (Å²) >= 11 is 5.51. The fraction of sp³-hybridized carbons (Fsp3) is 0.462. The third-order valence-electron chi connectivity index (χ3n) is 2.83. The maximum atomic E-state index is 11.4. The molecule has 88 valence electrons. The van der Waals surface area contributed by atoms with Crippen LogP contribution in [0.25, 0.3) is 0 Å². The number of benzene rings is 1. The summed E-state index contributed by atoms with van der Waals surface area (Å²) in [5.74, 6) is 0.278. The lowest BCUT2D eigenvalue weighted by atomic mass is 9.94. The van der Waals surface area contributed by atoms with Gasteiger partial charge in [0.1, 0.15) is 5.88 Å². The summed E-state index contributed by atoms with van der Waals surface area (Å²) in [4.78, 5) is 11.4. The first-order chi connectivity index (χ1) is 7.60. The highest BCUT2D eigenvalue weighted by atomic mass is 35.5. The van der Waals surface area contributed by atoms with Crippen LogP contribution in [-0.4, -0.2) is 11.8 Å². The summed E-state index contributed by atoms with van der Waals surface area (Å²) in [6.45, 7) is 6.29. The van der Waals surface area contributed by atoms with E-state index < -0.39 is 0 Å². The van der Waals surface area contributed by atoms with Gasteiger partial charge in [0.15, 0.2) is 0 Å². The van der Waals surface area contributed by atoms with E-state index in [9.17, 15) is 4.79 Å². The average molecular weight is 240 g/mol. The van der Waals surface area contributed by atoms with Gasteiger partial charge in [0.25, 0.3) is 0 Å². The zero-order chi connectivity index (χ0) is 12.1. The Morgan fingerprint density at radius 3 is 2.75 bits per heavy atom. The third-order valence-corrected chi connectivity index (χ3v) is 3.08. The SMILES string of the molecule is CCC(C)c1cccc(C)c1NC(=O)CCl. The summed E-state index contributed by atoms with van der Waals surface area (Å²) < 4.78 is 0. The van der Waals surface area contributed by atoms with Gasteiger partial charge < -0.3 is 5.32 Å². The Morgan fingerprint density at radius 2 is 2.19 bits per heavy atom. The van der Waals surface area contributed by atoms with Gasteiger partial charge in [-0.2, -0.15) is 0 Å². The van der Waals surface area contributed by atoms with Crippen molar-refractivity contribution in [2.45, 2.75) is 33.1 Å². The number of aryl methyl sites for hydroxylation is 1. The molecule has 0 heterocycles. The predicted octanol–water partition coefficient (Wildman–Crippen LogP) is 3.69. The van der Waals surface area contributed by atoms with Gasteiger partial charge in [-0.15, -0.1) is 11.6 Å². The number of anilines is 1. The van der Waals surface area contributed by atoms with Crippen molar-refractivity contribution in [1.82, 2.24) is 0 Å². The maximum Gasteiger partial charge on any atom is 0.239 e. The minimum Gasteiger partial charge on any atom is -0.325 e.